The number of rotatable bonds is 5. The molecule has 1 N–H and O–H groups in total. The van der Waals surface area contributed by atoms with Crippen molar-refractivity contribution >= 4 is 0 Å². The molecule has 72 valence electrons. The Morgan fingerprint density at radius 1 is 1.50 bits per heavy atom. The van der Waals surface area contributed by atoms with E-state index in [-0.39, 0.29) is 6.10 Å². The van der Waals surface area contributed by atoms with Crippen LogP contribution in [0.25, 0.3) is 0 Å². The van der Waals surface area contributed by atoms with Crippen LogP contribution >= 0.6 is 0 Å². The first-order valence-electron chi connectivity index (χ1n) is 4.41. The first-order valence-corrected chi connectivity index (χ1v) is 4.41. The third-order valence-corrected chi connectivity index (χ3v) is 1.68. The van der Waals surface area contributed by atoms with Crippen LogP contribution in [0.3, 0.4) is 0 Å². The molecule has 0 aromatic rings. The van der Waals surface area contributed by atoms with Gasteiger partial charge in [0.25, 0.3) is 0 Å². The zero-order valence-corrected chi connectivity index (χ0v) is 7.54. The minimum atomic E-state index is 0.194. The van der Waals surface area contributed by atoms with E-state index < -0.39 is 0 Å². The third-order valence-electron chi connectivity index (χ3n) is 1.68. The molecule has 1 aliphatic heterocycles. The number of ether oxygens (including phenoxy) is 3. The smallest absolute Gasteiger partial charge is 0.146 e. The first-order chi connectivity index (χ1) is 5.93. The molecule has 1 fully saturated rings. The van der Waals surface area contributed by atoms with E-state index in [1.807, 2.05) is 6.92 Å². The Kier molecular flexibility index (Phi) is 5.27. The summed E-state index contributed by atoms with van der Waals surface area (Å²) in [6.07, 6.45) is 0.194. The molecule has 1 unspecified atom stereocenters. The lowest BCUT2D eigenvalue weighted by molar-refractivity contribution is -0.0950. The molecule has 0 aromatic heterocycles. The minimum Gasteiger partial charge on any atom is -0.373 e. The van der Waals surface area contributed by atoms with Gasteiger partial charge in [0.1, 0.15) is 6.79 Å². The number of hydrogen-bond donors (Lipinski definition) is 1. The Bertz CT molecular complexity index is 104. The normalized spacial score (nSPS) is 24.2. The quantitative estimate of drug-likeness (QED) is 0.471. The molecule has 0 amide bonds. The highest BCUT2D eigenvalue weighted by atomic mass is 16.7. The summed E-state index contributed by atoms with van der Waals surface area (Å²) in [5.41, 5.74) is 0. The van der Waals surface area contributed by atoms with Crippen LogP contribution in [-0.2, 0) is 14.2 Å². The maximum Gasteiger partial charge on any atom is 0.146 e. The standard InChI is InChI=1S/C8H17NO3/c1-2-10-7-11-6-8-5-9-3-4-12-8/h8-9H,2-7H2,1H3. The molecule has 0 spiro atoms. The van der Waals surface area contributed by atoms with E-state index in [1.54, 1.807) is 0 Å². The zero-order valence-electron chi connectivity index (χ0n) is 7.54. The van der Waals surface area contributed by atoms with Gasteiger partial charge >= 0.3 is 0 Å². The molecular formula is C8H17NO3. The fourth-order valence-electron chi connectivity index (χ4n) is 1.05. The number of morpholine rings is 1. The van der Waals surface area contributed by atoms with Crippen LogP contribution in [0.2, 0.25) is 0 Å². The molecule has 0 bridgehead atoms. The monoisotopic (exact) mass is 175 g/mol. The van der Waals surface area contributed by atoms with Gasteiger partial charge in [-0.15, -0.1) is 0 Å². The van der Waals surface area contributed by atoms with Crippen LogP contribution < -0.4 is 5.32 Å². The molecule has 1 heterocycles. The molecule has 1 atom stereocenters. The fourth-order valence-corrected chi connectivity index (χ4v) is 1.05. The molecular weight excluding hydrogens is 158 g/mol. The Hall–Kier alpha value is -0.160. The molecule has 4 heteroatoms. The van der Waals surface area contributed by atoms with Crippen LogP contribution in [0.5, 0.6) is 0 Å². The van der Waals surface area contributed by atoms with Crippen LogP contribution in [-0.4, -0.2) is 45.8 Å². The molecule has 1 aliphatic rings. The molecule has 4 nitrogen and oxygen atoms in total. The van der Waals surface area contributed by atoms with Crippen molar-refractivity contribution in [2.45, 2.75) is 13.0 Å². The first kappa shape index (κ1) is 9.92. The van der Waals surface area contributed by atoms with Gasteiger partial charge < -0.3 is 19.5 Å². The summed E-state index contributed by atoms with van der Waals surface area (Å²) in [5, 5.41) is 3.23. The van der Waals surface area contributed by atoms with E-state index in [0.29, 0.717) is 20.0 Å². The van der Waals surface area contributed by atoms with Crippen LogP contribution in [0, 0.1) is 0 Å². The molecule has 0 radical (unpaired) electrons. The van der Waals surface area contributed by atoms with Gasteiger partial charge in [-0.1, -0.05) is 0 Å². The predicted molar refractivity (Wildman–Crippen MR) is 45.1 cm³/mol. The maximum absolute atomic E-state index is 5.42. The second-order valence-electron chi connectivity index (χ2n) is 2.68. The average Bonchev–Trinajstić information content (AvgIpc) is 2.14. The van der Waals surface area contributed by atoms with E-state index in [9.17, 15) is 0 Å². The highest BCUT2D eigenvalue weighted by molar-refractivity contribution is 4.65. The van der Waals surface area contributed by atoms with Crippen LogP contribution in [0.15, 0.2) is 0 Å². The SMILES string of the molecule is CCOCOCC1CNCCO1. The number of hydrogen-bond acceptors (Lipinski definition) is 4. The molecule has 0 aliphatic carbocycles. The van der Waals surface area contributed by atoms with Gasteiger partial charge in [-0.3, -0.25) is 0 Å². The summed E-state index contributed by atoms with van der Waals surface area (Å²) >= 11 is 0. The molecule has 1 rings (SSSR count). The Labute approximate surface area is 73.2 Å². The van der Waals surface area contributed by atoms with Gasteiger partial charge in [-0.25, -0.2) is 0 Å². The highest BCUT2D eigenvalue weighted by Crippen LogP contribution is 1.96. The van der Waals surface area contributed by atoms with E-state index in [0.717, 1.165) is 19.7 Å². The van der Waals surface area contributed by atoms with Crippen molar-refractivity contribution in [2.75, 3.05) is 39.7 Å². The van der Waals surface area contributed by atoms with Gasteiger partial charge in [0.15, 0.2) is 0 Å². The van der Waals surface area contributed by atoms with E-state index in [4.69, 9.17) is 14.2 Å². The van der Waals surface area contributed by atoms with Crippen molar-refractivity contribution in [3.05, 3.63) is 0 Å². The molecule has 0 saturated carbocycles. The molecule has 1 saturated heterocycles. The predicted octanol–water partition coefficient (Wildman–Crippen LogP) is -0.0146. The van der Waals surface area contributed by atoms with Crippen molar-refractivity contribution in [3.63, 3.8) is 0 Å². The fraction of sp³-hybridized carbons (Fsp3) is 1.00. The van der Waals surface area contributed by atoms with Gasteiger partial charge in [0.2, 0.25) is 0 Å². The van der Waals surface area contributed by atoms with Gasteiger partial charge in [-0.2, -0.15) is 0 Å². The van der Waals surface area contributed by atoms with Crippen molar-refractivity contribution in [1.82, 2.24) is 5.32 Å². The van der Waals surface area contributed by atoms with Crippen molar-refractivity contribution < 1.29 is 14.2 Å². The Morgan fingerprint density at radius 3 is 3.08 bits per heavy atom. The third kappa shape index (κ3) is 4.01. The lowest BCUT2D eigenvalue weighted by Gasteiger charge is -2.23. The maximum atomic E-state index is 5.42. The average molecular weight is 175 g/mol. The van der Waals surface area contributed by atoms with E-state index in [1.165, 1.54) is 0 Å². The van der Waals surface area contributed by atoms with Crippen molar-refractivity contribution in [2.24, 2.45) is 0 Å². The summed E-state index contributed by atoms with van der Waals surface area (Å²) in [7, 11) is 0. The highest BCUT2D eigenvalue weighted by Gasteiger charge is 2.12. The molecule has 0 aromatic carbocycles. The summed E-state index contributed by atoms with van der Waals surface area (Å²) in [6, 6.07) is 0. The summed E-state index contributed by atoms with van der Waals surface area (Å²) < 4.78 is 15.7. The van der Waals surface area contributed by atoms with Gasteiger partial charge in [0, 0.05) is 19.7 Å². The zero-order chi connectivity index (χ0) is 8.65. The number of nitrogens with one attached hydrogen (secondary N) is 1. The van der Waals surface area contributed by atoms with E-state index >= 15 is 0 Å². The van der Waals surface area contributed by atoms with Crippen LogP contribution in [0.1, 0.15) is 6.92 Å². The Morgan fingerprint density at radius 2 is 2.42 bits per heavy atom. The van der Waals surface area contributed by atoms with Crippen molar-refractivity contribution in [3.8, 4) is 0 Å². The van der Waals surface area contributed by atoms with Gasteiger partial charge in [-0.05, 0) is 6.92 Å². The minimum absolute atomic E-state index is 0.194. The summed E-state index contributed by atoms with van der Waals surface area (Å²) in [6.45, 7) is 6.24. The summed E-state index contributed by atoms with van der Waals surface area (Å²) in [4.78, 5) is 0. The Balaban J connectivity index is 1.91. The lowest BCUT2D eigenvalue weighted by Crippen LogP contribution is -2.41. The lowest BCUT2D eigenvalue weighted by atomic mass is 10.3. The second-order valence-corrected chi connectivity index (χ2v) is 2.68. The van der Waals surface area contributed by atoms with Crippen molar-refractivity contribution in [1.29, 1.82) is 0 Å². The largest absolute Gasteiger partial charge is 0.373 e. The topological polar surface area (TPSA) is 39.7 Å². The molecule has 12 heavy (non-hydrogen) atoms. The summed E-state index contributed by atoms with van der Waals surface area (Å²) in [5.74, 6) is 0. The van der Waals surface area contributed by atoms with Crippen LogP contribution in [0.4, 0.5) is 0 Å². The van der Waals surface area contributed by atoms with Gasteiger partial charge in [0.05, 0.1) is 19.3 Å². The van der Waals surface area contributed by atoms with E-state index in [2.05, 4.69) is 5.32 Å². The second kappa shape index (κ2) is 6.37.